The Bertz CT molecular complexity index is 529. The molecule has 0 bridgehead atoms. The molecular weight excluding hydrogens is 240 g/mol. The Labute approximate surface area is 113 Å². The summed E-state index contributed by atoms with van der Waals surface area (Å²) in [5, 5.41) is 6.35. The summed E-state index contributed by atoms with van der Waals surface area (Å²) in [7, 11) is 1.86. The zero-order valence-electron chi connectivity index (χ0n) is 11.8. The molecule has 2 rings (SSSR count). The Kier molecular flexibility index (Phi) is 3.74. The van der Waals surface area contributed by atoms with Crippen molar-refractivity contribution in [1.82, 2.24) is 9.97 Å². The zero-order valence-corrected chi connectivity index (χ0v) is 11.8. The van der Waals surface area contributed by atoms with Crippen molar-refractivity contribution in [3.63, 3.8) is 0 Å². The first kappa shape index (κ1) is 13.4. The van der Waals surface area contributed by atoms with Gasteiger partial charge >= 0.3 is 0 Å². The topological polar surface area (TPSA) is 63.0 Å². The third-order valence-corrected chi connectivity index (χ3v) is 2.71. The first-order chi connectivity index (χ1) is 8.99. The van der Waals surface area contributed by atoms with E-state index < -0.39 is 0 Å². The van der Waals surface area contributed by atoms with Crippen molar-refractivity contribution in [1.29, 1.82) is 0 Å². The maximum absolute atomic E-state index is 5.04. The van der Waals surface area contributed by atoms with Crippen LogP contribution in [0.25, 0.3) is 0 Å². The second-order valence-electron chi connectivity index (χ2n) is 5.45. The molecule has 0 fully saturated rings. The van der Waals surface area contributed by atoms with Crippen LogP contribution in [0.15, 0.2) is 29.1 Å². The summed E-state index contributed by atoms with van der Waals surface area (Å²) in [5.41, 5.74) is 1.00. The van der Waals surface area contributed by atoms with Gasteiger partial charge in [0.25, 0.3) is 0 Å². The smallest absolute Gasteiger partial charge is 0.138 e. The lowest BCUT2D eigenvalue weighted by Gasteiger charge is -2.18. The molecule has 0 saturated heterocycles. The maximum Gasteiger partial charge on any atom is 0.138 e. The van der Waals surface area contributed by atoms with Crippen LogP contribution in [0.1, 0.15) is 32.2 Å². The summed E-state index contributed by atoms with van der Waals surface area (Å²) in [5.74, 6) is 2.44. The Morgan fingerprint density at radius 3 is 2.53 bits per heavy atom. The first-order valence-electron chi connectivity index (χ1n) is 6.31. The van der Waals surface area contributed by atoms with Gasteiger partial charge in [-0.25, -0.2) is 9.97 Å². The van der Waals surface area contributed by atoms with E-state index in [0.717, 1.165) is 23.0 Å². The number of hydrogen-bond donors (Lipinski definition) is 2. The molecule has 0 spiro atoms. The quantitative estimate of drug-likeness (QED) is 0.884. The molecule has 5 heteroatoms. The summed E-state index contributed by atoms with van der Waals surface area (Å²) >= 11 is 0. The van der Waals surface area contributed by atoms with Crippen molar-refractivity contribution in [2.45, 2.75) is 32.7 Å². The van der Waals surface area contributed by atoms with Gasteiger partial charge in [0.1, 0.15) is 17.5 Å². The Hall–Kier alpha value is -2.04. The molecular formula is C14H20N4O. The third kappa shape index (κ3) is 3.47. The van der Waals surface area contributed by atoms with Crippen molar-refractivity contribution in [2.75, 3.05) is 17.7 Å². The molecule has 0 radical (unpaired) electrons. The van der Waals surface area contributed by atoms with Gasteiger partial charge in [-0.15, -0.1) is 0 Å². The summed E-state index contributed by atoms with van der Waals surface area (Å²) < 4.78 is 5.04. The highest BCUT2D eigenvalue weighted by Crippen LogP contribution is 2.22. The molecule has 2 aromatic rings. The van der Waals surface area contributed by atoms with Crippen molar-refractivity contribution in [3.8, 4) is 0 Å². The number of anilines is 2. The zero-order chi connectivity index (χ0) is 13.9. The number of furan rings is 1. The summed E-state index contributed by atoms with van der Waals surface area (Å²) in [6.45, 7) is 6.98. The van der Waals surface area contributed by atoms with Gasteiger partial charge < -0.3 is 15.1 Å². The third-order valence-electron chi connectivity index (χ3n) is 2.71. The van der Waals surface area contributed by atoms with Gasteiger partial charge in [-0.3, -0.25) is 0 Å². The number of aromatic nitrogens is 2. The predicted octanol–water partition coefficient (Wildman–Crippen LogP) is 3.02. The highest BCUT2D eigenvalue weighted by molar-refractivity contribution is 5.48. The highest BCUT2D eigenvalue weighted by atomic mass is 16.3. The minimum absolute atomic E-state index is 0.0844. The Morgan fingerprint density at radius 1 is 1.21 bits per heavy atom. The second kappa shape index (κ2) is 5.30. The molecule has 2 aromatic heterocycles. The lowest BCUT2D eigenvalue weighted by Crippen LogP contribution is -2.18. The maximum atomic E-state index is 5.04. The summed E-state index contributed by atoms with van der Waals surface area (Å²) in [6, 6.07) is 3.83. The van der Waals surface area contributed by atoms with Gasteiger partial charge in [0.15, 0.2) is 0 Å². The highest BCUT2D eigenvalue weighted by Gasteiger charge is 2.18. The van der Waals surface area contributed by atoms with Gasteiger partial charge in [0.2, 0.25) is 0 Å². The molecule has 2 N–H and O–H groups in total. The van der Waals surface area contributed by atoms with E-state index in [4.69, 9.17) is 4.42 Å². The summed E-state index contributed by atoms with van der Waals surface area (Å²) in [6.07, 6.45) is 3.38. The molecule has 0 aliphatic rings. The van der Waals surface area contributed by atoms with E-state index in [2.05, 4.69) is 41.4 Å². The monoisotopic (exact) mass is 260 g/mol. The van der Waals surface area contributed by atoms with Gasteiger partial charge in [0, 0.05) is 30.6 Å². The van der Waals surface area contributed by atoms with E-state index >= 15 is 0 Å². The van der Waals surface area contributed by atoms with Crippen LogP contribution in [0.5, 0.6) is 0 Å². The SMILES string of the molecule is CNc1cc(NCc2ccoc2)nc(C(C)(C)C)n1. The molecule has 5 nitrogen and oxygen atoms in total. The standard InChI is InChI=1S/C14H20N4O/c1-14(2,3)13-17-11(15-4)7-12(18-13)16-8-10-5-6-19-9-10/h5-7,9H,8H2,1-4H3,(H2,15,16,17,18). The van der Waals surface area contributed by atoms with Crippen molar-refractivity contribution in [3.05, 3.63) is 36.0 Å². The van der Waals surface area contributed by atoms with Crippen LogP contribution in [0.2, 0.25) is 0 Å². The molecule has 0 amide bonds. The minimum atomic E-state index is -0.0844. The molecule has 0 aromatic carbocycles. The average molecular weight is 260 g/mol. The molecule has 0 atom stereocenters. The first-order valence-corrected chi connectivity index (χ1v) is 6.31. The molecule has 0 unspecified atom stereocenters. The Morgan fingerprint density at radius 2 is 1.95 bits per heavy atom. The van der Waals surface area contributed by atoms with Crippen molar-refractivity contribution in [2.24, 2.45) is 0 Å². The van der Waals surface area contributed by atoms with E-state index in [1.54, 1.807) is 12.5 Å². The van der Waals surface area contributed by atoms with Crippen LogP contribution >= 0.6 is 0 Å². The molecule has 0 aliphatic heterocycles. The van der Waals surface area contributed by atoms with E-state index in [9.17, 15) is 0 Å². The number of nitrogens with zero attached hydrogens (tertiary/aromatic N) is 2. The molecule has 0 aliphatic carbocycles. The van der Waals surface area contributed by atoms with Crippen molar-refractivity contribution < 1.29 is 4.42 Å². The fourth-order valence-electron chi connectivity index (χ4n) is 1.59. The molecule has 2 heterocycles. The van der Waals surface area contributed by atoms with Crippen LogP contribution in [0.4, 0.5) is 11.6 Å². The van der Waals surface area contributed by atoms with E-state index in [0.29, 0.717) is 6.54 Å². The normalized spacial score (nSPS) is 11.4. The lowest BCUT2D eigenvalue weighted by molar-refractivity contribution is 0.546. The fourth-order valence-corrected chi connectivity index (χ4v) is 1.59. The number of nitrogens with one attached hydrogen (secondary N) is 2. The van der Waals surface area contributed by atoms with E-state index in [1.807, 2.05) is 19.2 Å². The predicted molar refractivity (Wildman–Crippen MR) is 76.3 cm³/mol. The van der Waals surface area contributed by atoms with E-state index in [1.165, 1.54) is 0 Å². The van der Waals surface area contributed by atoms with Crippen molar-refractivity contribution >= 4 is 11.6 Å². The Balaban J connectivity index is 2.19. The molecule has 102 valence electrons. The largest absolute Gasteiger partial charge is 0.472 e. The number of hydrogen-bond acceptors (Lipinski definition) is 5. The summed E-state index contributed by atoms with van der Waals surface area (Å²) in [4.78, 5) is 9.05. The fraction of sp³-hybridized carbons (Fsp3) is 0.429. The second-order valence-corrected chi connectivity index (χ2v) is 5.45. The van der Waals surface area contributed by atoms with Crippen LogP contribution in [0.3, 0.4) is 0 Å². The van der Waals surface area contributed by atoms with Gasteiger partial charge in [-0.1, -0.05) is 20.8 Å². The molecule has 19 heavy (non-hydrogen) atoms. The average Bonchev–Trinajstić information content (AvgIpc) is 2.88. The van der Waals surface area contributed by atoms with Crippen LogP contribution in [0, 0.1) is 0 Å². The molecule has 0 saturated carbocycles. The van der Waals surface area contributed by atoms with Crippen LogP contribution < -0.4 is 10.6 Å². The number of rotatable bonds is 4. The van der Waals surface area contributed by atoms with Crippen LogP contribution in [-0.2, 0) is 12.0 Å². The van der Waals surface area contributed by atoms with Crippen LogP contribution in [-0.4, -0.2) is 17.0 Å². The van der Waals surface area contributed by atoms with Gasteiger partial charge in [0.05, 0.1) is 12.5 Å². The van der Waals surface area contributed by atoms with Gasteiger partial charge in [-0.2, -0.15) is 0 Å². The lowest BCUT2D eigenvalue weighted by atomic mass is 9.96. The minimum Gasteiger partial charge on any atom is -0.472 e. The van der Waals surface area contributed by atoms with E-state index in [-0.39, 0.29) is 5.41 Å². The van der Waals surface area contributed by atoms with Gasteiger partial charge in [-0.05, 0) is 6.07 Å².